The summed E-state index contributed by atoms with van der Waals surface area (Å²) in [7, 11) is 0. The van der Waals surface area contributed by atoms with Gasteiger partial charge in [-0.25, -0.2) is 4.79 Å². The monoisotopic (exact) mass is 394 g/mol. The van der Waals surface area contributed by atoms with Gasteiger partial charge in [0.05, 0.1) is 44.2 Å². The second-order valence-corrected chi connectivity index (χ2v) is 7.60. The Hall–Kier alpha value is -2.86. The molecule has 4 rings (SSSR count). The molecule has 2 amide bonds. The lowest BCUT2D eigenvalue weighted by molar-refractivity contribution is -0.895. The minimum Gasteiger partial charge on any atom is -0.450 e. The molecule has 1 saturated heterocycles. The van der Waals surface area contributed by atoms with Crippen molar-refractivity contribution in [1.29, 1.82) is 0 Å². The van der Waals surface area contributed by atoms with Gasteiger partial charge in [0.1, 0.15) is 0 Å². The van der Waals surface area contributed by atoms with E-state index in [0.717, 1.165) is 37.3 Å². The van der Waals surface area contributed by atoms with Crippen LogP contribution in [-0.2, 0) is 22.4 Å². The van der Waals surface area contributed by atoms with Crippen molar-refractivity contribution in [3.63, 3.8) is 0 Å². The number of hydrogen-bond acceptors (Lipinski definition) is 3. The van der Waals surface area contributed by atoms with Crippen LogP contribution in [0.25, 0.3) is 0 Å². The molecule has 0 spiro atoms. The van der Waals surface area contributed by atoms with Gasteiger partial charge in [-0.05, 0) is 43.0 Å². The molecule has 0 saturated carbocycles. The zero-order chi connectivity index (χ0) is 20.2. The number of carbonyl (C=O) groups is 2. The zero-order valence-corrected chi connectivity index (χ0v) is 16.9. The van der Waals surface area contributed by atoms with Crippen LogP contribution in [0.1, 0.15) is 18.1 Å². The third kappa shape index (κ3) is 4.12. The number of benzene rings is 2. The first kappa shape index (κ1) is 19.5. The number of nitrogens with one attached hydrogen (secondary N) is 1. The van der Waals surface area contributed by atoms with Gasteiger partial charge in [0.15, 0.2) is 6.54 Å². The normalized spacial score (nSPS) is 16.6. The third-order valence-electron chi connectivity index (χ3n) is 5.78. The first-order valence-electron chi connectivity index (χ1n) is 10.4. The highest BCUT2D eigenvalue weighted by molar-refractivity contribution is 6.02. The standard InChI is InChI=1S/C23H27N3O3/c1-2-29-23(28)25-15-13-24(14-16-25)17-22(27)26-20-9-5-3-7-18(20)11-12-19-8-4-6-10-21(19)26/h3-10H,2,11-17H2,1H3/p+1. The van der Waals surface area contributed by atoms with E-state index in [2.05, 4.69) is 12.1 Å². The molecule has 0 radical (unpaired) electrons. The highest BCUT2D eigenvalue weighted by atomic mass is 16.6. The summed E-state index contributed by atoms with van der Waals surface area (Å²) in [6.45, 7) is 5.36. The van der Waals surface area contributed by atoms with Crippen LogP contribution in [0.5, 0.6) is 0 Å². The zero-order valence-electron chi connectivity index (χ0n) is 16.9. The van der Waals surface area contributed by atoms with E-state index in [9.17, 15) is 9.59 Å². The molecule has 2 aliphatic rings. The number of aryl methyl sites for hydroxylation is 2. The second kappa shape index (κ2) is 8.66. The van der Waals surface area contributed by atoms with Crippen molar-refractivity contribution < 1.29 is 19.2 Å². The van der Waals surface area contributed by atoms with Gasteiger partial charge in [-0.2, -0.15) is 0 Å². The molecule has 152 valence electrons. The van der Waals surface area contributed by atoms with Crippen LogP contribution in [0.4, 0.5) is 16.2 Å². The molecule has 2 heterocycles. The minimum atomic E-state index is -0.256. The van der Waals surface area contributed by atoms with E-state index in [-0.39, 0.29) is 12.0 Å². The van der Waals surface area contributed by atoms with E-state index in [1.807, 2.05) is 48.2 Å². The number of para-hydroxylation sites is 2. The van der Waals surface area contributed by atoms with Crippen LogP contribution in [0.3, 0.4) is 0 Å². The molecule has 0 aliphatic carbocycles. The van der Waals surface area contributed by atoms with Crippen molar-refractivity contribution in [3.8, 4) is 0 Å². The Balaban J connectivity index is 1.51. The third-order valence-corrected chi connectivity index (χ3v) is 5.78. The second-order valence-electron chi connectivity index (χ2n) is 7.60. The van der Waals surface area contributed by atoms with Crippen molar-refractivity contribution in [2.75, 3.05) is 44.2 Å². The highest BCUT2D eigenvalue weighted by Crippen LogP contribution is 2.35. The number of fused-ring (bicyclic) bond motifs is 2. The summed E-state index contributed by atoms with van der Waals surface area (Å²) < 4.78 is 5.09. The molecule has 2 aromatic rings. The number of carbonyl (C=O) groups excluding carboxylic acids is 2. The maximum atomic E-state index is 13.5. The predicted molar refractivity (Wildman–Crippen MR) is 112 cm³/mol. The Morgan fingerprint density at radius 1 is 0.931 bits per heavy atom. The number of piperazine rings is 1. The molecule has 2 aromatic carbocycles. The fourth-order valence-corrected chi connectivity index (χ4v) is 4.24. The molecule has 2 aliphatic heterocycles. The van der Waals surface area contributed by atoms with Gasteiger partial charge >= 0.3 is 6.09 Å². The average molecular weight is 394 g/mol. The summed E-state index contributed by atoms with van der Waals surface area (Å²) in [6.07, 6.45) is 1.61. The van der Waals surface area contributed by atoms with Crippen LogP contribution in [0.15, 0.2) is 48.5 Å². The lowest BCUT2D eigenvalue weighted by Gasteiger charge is -2.32. The Morgan fingerprint density at radius 3 is 2.03 bits per heavy atom. The van der Waals surface area contributed by atoms with Crippen LogP contribution in [-0.4, -0.2) is 56.2 Å². The van der Waals surface area contributed by atoms with E-state index in [0.29, 0.717) is 26.2 Å². The van der Waals surface area contributed by atoms with Gasteiger partial charge in [0, 0.05) is 0 Å². The number of rotatable bonds is 3. The fraction of sp³-hybridized carbons (Fsp3) is 0.391. The summed E-state index contributed by atoms with van der Waals surface area (Å²) >= 11 is 0. The van der Waals surface area contributed by atoms with Gasteiger partial charge in [0.25, 0.3) is 5.91 Å². The molecular weight excluding hydrogens is 366 g/mol. The molecule has 6 nitrogen and oxygen atoms in total. The number of anilines is 2. The van der Waals surface area contributed by atoms with E-state index in [4.69, 9.17) is 4.74 Å². The minimum absolute atomic E-state index is 0.103. The SMILES string of the molecule is CCOC(=O)N1CC[NH+](CC(=O)N2c3ccccc3CCc3ccccc32)CC1. The van der Waals surface area contributed by atoms with Gasteiger partial charge in [-0.3, -0.25) is 14.6 Å². The molecule has 1 fully saturated rings. The van der Waals surface area contributed by atoms with Crippen molar-refractivity contribution in [2.45, 2.75) is 19.8 Å². The predicted octanol–water partition coefficient (Wildman–Crippen LogP) is 1.81. The van der Waals surface area contributed by atoms with Crippen molar-refractivity contribution in [2.24, 2.45) is 0 Å². The Bertz CT molecular complexity index is 843. The summed E-state index contributed by atoms with van der Waals surface area (Å²) in [6, 6.07) is 16.4. The fourth-order valence-electron chi connectivity index (χ4n) is 4.24. The molecule has 0 aromatic heterocycles. The maximum Gasteiger partial charge on any atom is 0.410 e. The molecular formula is C23H28N3O3+. The smallest absolute Gasteiger partial charge is 0.410 e. The molecule has 1 N–H and O–H groups in total. The summed E-state index contributed by atoms with van der Waals surface area (Å²) in [5.74, 6) is 0.103. The Morgan fingerprint density at radius 2 is 1.48 bits per heavy atom. The van der Waals surface area contributed by atoms with Crippen LogP contribution < -0.4 is 9.80 Å². The van der Waals surface area contributed by atoms with E-state index in [1.165, 1.54) is 16.0 Å². The molecule has 0 atom stereocenters. The number of amides is 2. The number of ether oxygens (including phenoxy) is 1. The van der Waals surface area contributed by atoms with E-state index < -0.39 is 0 Å². The number of nitrogens with zero attached hydrogens (tertiary/aromatic N) is 2. The van der Waals surface area contributed by atoms with Crippen LogP contribution >= 0.6 is 0 Å². The molecule has 0 bridgehead atoms. The van der Waals surface area contributed by atoms with Gasteiger partial charge < -0.3 is 9.64 Å². The van der Waals surface area contributed by atoms with Crippen molar-refractivity contribution >= 4 is 23.4 Å². The highest BCUT2D eigenvalue weighted by Gasteiger charge is 2.31. The largest absolute Gasteiger partial charge is 0.450 e. The van der Waals surface area contributed by atoms with Crippen LogP contribution in [0.2, 0.25) is 0 Å². The summed E-state index contributed by atoms with van der Waals surface area (Å²) in [5, 5.41) is 0. The average Bonchev–Trinajstić information content (AvgIpc) is 2.91. The first-order valence-corrected chi connectivity index (χ1v) is 10.4. The molecule has 6 heteroatoms. The maximum absolute atomic E-state index is 13.5. The topological polar surface area (TPSA) is 54.3 Å². The van der Waals surface area contributed by atoms with E-state index >= 15 is 0 Å². The number of hydrogen-bond donors (Lipinski definition) is 1. The Labute approximate surface area is 171 Å². The first-order chi connectivity index (χ1) is 14.2. The van der Waals surface area contributed by atoms with Gasteiger partial charge in [-0.1, -0.05) is 36.4 Å². The quantitative estimate of drug-likeness (QED) is 0.864. The molecule has 29 heavy (non-hydrogen) atoms. The Kier molecular flexibility index (Phi) is 5.81. The van der Waals surface area contributed by atoms with Gasteiger partial charge in [0.2, 0.25) is 0 Å². The van der Waals surface area contributed by atoms with Crippen molar-refractivity contribution in [1.82, 2.24) is 4.90 Å². The van der Waals surface area contributed by atoms with Crippen molar-refractivity contribution in [3.05, 3.63) is 59.7 Å². The summed E-state index contributed by atoms with van der Waals surface area (Å²) in [5.41, 5.74) is 4.40. The van der Waals surface area contributed by atoms with E-state index in [1.54, 1.807) is 4.90 Å². The number of quaternary nitrogens is 1. The van der Waals surface area contributed by atoms with Crippen LogP contribution in [0, 0.1) is 0 Å². The van der Waals surface area contributed by atoms with Gasteiger partial charge in [-0.15, -0.1) is 0 Å². The summed E-state index contributed by atoms with van der Waals surface area (Å²) in [4.78, 5) is 30.2. The lowest BCUT2D eigenvalue weighted by atomic mass is 10.0. The lowest BCUT2D eigenvalue weighted by Crippen LogP contribution is -3.15. The molecule has 0 unspecified atom stereocenters.